The molecule has 2 nitrogen and oxygen atoms in total. The molecule has 0 amide bonds. The fourth-order valence-corrected chi connectivity index (χ4v) is 2.71. The molecule has 2 aromatic rings. The van der Waals surface area contributed by atoms with Crippen LogP contribution in [0.2, 0.25) is 4.34 Å². The molecule has 0 saturated heterocycles. The molecule has 0 aliphatic rings. The largest absolute Gasteiger partial charge is 0.497 e. The summed E-state index contributed by atoms with van der Waals surface area (Å²) in [7, 11) is 1.62. The van der Waals surface area contributed by atoms with Crippen molar-refractivity contribution >= 4 is 34.5 Å². The number of rotatable bonds is 5. The molecule has 0 unspecified atom stereocenters. The Labute approximate surface area is 120 Å². The van der Waals surface area contributed by atoms with Gasteiger partial charge in [-0.05, 0) is 18.2 Å². The summed E-state index contributed by atoms with van der Waals surface area (Å²) in [6.45, 7) is 0.481. The summed E-state index contributed by atoms with van der Waals surface area (Å²) in [5.74, 6) is 1.90. The van der Waals surface area contributed by atoms with Crippen LogP contribution in [0.25, 0.3) is 0 Å². The van der Waals surface area contributed by atoms with E-state index in [0.717, 1.165) is 26.3 Å². The summed E-state index contributed by atoms with van der Waals surface area (Å²) >= 11 is 13.3. The molecule has 0 spiro atoms. The minimum absolute atomic E-state index is 0.407. The van der Waals surface area contributed by atoms with Gasteiger partial charge in [0.15, 0.2) is 0 Å². The zero-order valence-electron chi connectivity index (χ0n) is 9.78. The predicted octanol–water partition coefficient (Wildman–Crippen LogP) is 4.73. The zero-order valence-corrected chi connectivity index (χ0v) is 12.1. The number of hydrogen-bond donors (Lipinski definition) is 0. The average Bonchev–Trinajstić information content (AvgIpc) is 2.81. The number of methoxy groups -OCH3 is 1. The Morgan fingerprint density at radius 3 is 2.67 bits per heavy atom. The molecule has 0 saturated carbocycles. The Morgan fingerprint density at radius 1 is 1.22 bits per heavy atom. The van der Waals surface area contributed by atoms with Gasteiger partial charge in [-0.3, -0.25) is 0 Å². The van der Waals surface area contributed by atoms with Crippen molar-refractivity contribution in [3.63, 3.8) is 0 Å². The fourth-order valence-electron chi connectivity index (χ4n) is 1.48. The summed E-state index contributed by atoms with van der Waals surface area (Å²) in [6, 6.07) is 9.43. The first kappa shape index (κ1) is 13.5. The molecule has 2 rings (SSSR count). The van der Waals surface area contributed by atoms with Crippen LogP contribution in [-0.4, -0.2) is 7.11 Å². The average molecular weight is 303 g/mol. The number of hydrogen-bond acceptors (Lipinski definition) is 3. The molecule has 0 aliphatic heterocycles. The van der Waals surface area contributed by atoms with Crippen molar-refractivity contribution in [2.45, 2.75) is 12.5 Å². The quantitative estimate of drug-likeness (QED) is 0.744. The molecule has 1 heterocycles. The second-order valence-electron chi connectivity index (χ2n) is 3.60. The van der Waals surface area contributed by atoms with Crippen LogP contribution in [0.15, 0.2) is 30.3 Å². The van der Waals surface area contributed by atoms with Crippen molar-refractivity contribution in [2.75, 3.05) is 7.11 Å². The van der Waals surface area contributed by atoms with Crippen molar-refractivity contribution in [1.82, 2.24) is 0 Å². The van der Waals surface area contributed by atoms with Crippen LogP contribution in [0.4, 0.5) is 0 Å². The van der Waals surface area contributed by atoms with Gasteiger partial charge < -0.3 is 9.47 Å². The van der Waals surface area contributed by atoms with Gasteiger partial charge in [0.1, 0.15) is 18.1 Å². The first-order valence-electron chi connectivity index (χ1n) is 5.33. The maximum absolute atomic E-state index is 5.87. The minimum Gasteiger partial charge on any atom is -0.497 e. The van der Waals surface area contributed by atoms with E-state index in [-0.39, 0.29) is 0 Å². The Kier molecular flexibility index (Phi) is 4.75. The van der Waals surface area contributed by atoms with E-state index in [1.807, 2.05) is 30.3 Å². The highest BCUT2D eigenvalue weighted by Gasteiger charge is 2.06. The maximum Gasteiger partial charge on any atom is 0.127 e. The van der Waals surface area contributed by atoms with Crippen LogP contribution in [0.5, 0.6) is 11.5 Å². The van der Waals surface area contributed by atoms with Gasteiger partial charge in [-0.25, -0.2) is 0 Å². The standard InChI is InChI=1S/C13H12Cl2O2S/c1-16-10-3-2-9(7-14)12(6-10)17-8-11-4-5-13(15)18-11/h2-6H,7-8H2,1H3. The third-order valence-electron chi connectivity index (χ3n) is 2.42. The summed E-state index contributed by atoms with van der Waals surface area (Å²) in [4.78, 5) is 1.07. The van der Waals surface area contributed by atoms with Crippen molar-refractivity contribution in [3.8, 4) is 11.5 Å². The fraction of sp³-hybridized carbons (Fsp3) is 0.231. The molecule has 0 atom stereocenters. The van der Waals surface area contributed by atoms with E-state index in [1.54, 1.807) is 7.11 Å². The molecule has 0 N–H and O–H groups in total. The highest BCUT2D eigenvalue weighted by atomic mass is 35.5. The van der Waals surface area contributed by atoms with Gasteiger partial charge in [-0.1, -0.05) is 17.7 Å². The number of alkyl halides is 1. The number of benzene rings is 1. The van der Waals surface area contributed by atoms with E-state index in [1.165, 1.54) is 11.3 Å². The van der Waals surface area contributed by atoms with Gasteiger partial charge in [0, 0.05) is 16.5 Å². The van der Waals surface area contributed by atoms with Crippen LogP contribution in [0.1, 0.15) is 10.4 Å². The van der Waals surface area contributed by atoms with Crippen LogP contribution in [0, 0.1) is 0 Å². The summed E-state index contributed by atoms with van der Waals surface area (Å²) in [5.41, 5.74) is 0.945. The molecular formula is C13H12Cl2O2S. The summed E-state index contributed by atoms with van der Waals surface area (Å²) < 4.78 is 11.7. The molecule has 0 fully saturated rings. The number of thiophene rings is 1. The Balaban J connectivity index is 2.11. The van der Waals surface area contributed by atoms with Crippen molar-refractivity contribution in [3.05, 3.63) is 45.1 Å². The Morgan fingerprint density at radius 2 is 2.06 bits per heavy atom. The van der Waals surface area contributed by atoms with E-state index >= 15 is 0 Å². The molecule has 0 aliphatic carbocycles. The van der Waals surface area contributed by atoms with Crippen molar-refractivity contribution in [2.24, 2.45) is 0 Å². The molecule has 0 radical (unpaired) electrons. The lowest BCUT2D eigenvalue weighted by Crippen LogP contribution is -1.97. The molecule has 18 heavy (non-hydrogen) atoms. The lowest BCUT2D eigenvalue weighted by molar-refractivity contribution is 0.304. The number of halogens is 2. The van der Waals surface area contributed by atoms with E-state index in [0.29, 0.717) is 12.5 Å². The van der Waals surface area contributed by atoms with E-state index in [2.05, 4.69) is 0 Å². The Bertz CT molecular complexity index is 525. The molecule has 96 valence electrons. The van der Waals surface area contributed by atoms with Gasteiger partial charge in [0.25, 0.3) is 0 Å². The molecular weight excluding hydrogens is 291 g/mol. The second kappa shape index (κ2) is 6.32. The zero-order chi connectivity index (χ0) is 13.0. The second-order valence-corrected chi connectivity index (χ2v) is 5.67. The number of ether oxygens (including phenoxy) is 2. The smallest absolute Gasteiger partial charge is 0.127 e. The lowest BCUT2D eigenvalue weighted by Gasteiger charge is -2.10. The van der Waals surface area contributed by atoms with Gasteiger partial charge >= 0.3 is 0 Å². The van der Waals surface area contributed by atoms with Crippen LogP contribution < -0.4 is 9.47 Å². The monoisotopic (exact) mass is 302 g/mol. The summed E-state index contributed by atoms with van der Waals surface area (Å²) in [6.07, 6.45) is 0. The van der Waals surface area contributed by atoms with Crippen molar-refractivity contribution < 1.29 is 9.47 Å². The van der Waals surface area contributed by atoms with Crippen molar-refractivity contribution in [1.29, 1.82) is 0 Å². The lowest BCUT2D eigenvalue weighted by atomic mass is 10.2. The normalized spacial score (nSPS) is 10.4. The first-order valence-corrected chi connectivity index (χ1v) is 7.05. The van der Waals surface area contributed by atoms with Gasteiger partial charge in [-0.2, -0.15) is 0 Å². The third-order valence-corrected chi connectivity index (χ3v) is 3.91. The van der Waals surface area contributed by atoms with E-state index < -0.39 is 0 Å². The SMILES string of the molecule is COc1ccc(CCl)c(OCc2ccc(Cl)s2)c1. The maximum atomic E-state index is 5.87. The predicted molar refractivity (Wildman–Crippen MR) is 76.2 cm³/mol. The van der Waals surface area contributed by atoms with E-state index in [4.69, 9.17) is 32.7 Å². The van der Waals surface area contributed by atoms with Gasteiger partial charge in [-0.15, -0.1) is 22.9 Å². The third kappa shape index (κ3) is 3.31. The van der Waals surface area contributed by atoms with Crippen LogP contribution >= 0.6 is 34.5 Å². The first-order chi connectivity index (χ1) is 8.72. The molecule has 0 bridgehead atoms. The van der Waals surface area contributed by atoms with Crippen LogP contribution in [-0.2, 0) is 12.5 Å². The van der Waals surface area contributed by atoms with E-state index in [9.17, 15) is 0 Å². The highest BCUT2D eigenvalue weighted by Crippen LogP contribution is 2.28. The molecule has 5 heteroatoms. The molecule has 1 aromatic heterocycles. The van der Waals surface area contributed by atoms with Gasteiger partial charge in [0.05, 0.1) is 17.3 Å². The molecule has 1 aromatic carbocycles. The van der Waals surface area contributed by atoms with Crippen LogP contribution in [0.3, 0.4) is 0 Å². The summed E-state index contributed by atoms with van der Waals surface area (Å²) in [5, 5.41) is 0. The minimum atomic E-state index is 0.407. The Hall–Kier alpha value is -0.900. The topological polar surface area (TPSA) is 18.5 Å². The van der Waals surface area contributed by atoms with Gasteiger partial charge in [0.2, 0.25) is 0 Å². The highest BCUT2D eigenvalue weighted by molar-refractivity contribution is 7.16.